The number of carbonyl (C=O) groups is 2. The van der Waals surface area contributed by atoms with E-state index in [1.807, 2.05) is 0 Å². The molecular weight excluding hydrogens is 314 g/mol. The fraction of sp³-hybridized carbons (Fsp3) is 0.300. The molecule has 2 aromatic rings. The summed E-state index contributed by atoms with van der Waals surface area (Å²) in [6.07, 6.45) is 0.760. The molecule has 2 aliphatic rings. The van der Waals surface area contributed by atoms with E-state index >= 15 is 0 Å². The number of hydrogen-bond acceptors (Lipinski definition) is 3. The van der Waals surface area contributed by atoms with E-state index in [1.165, 1.54) is 27.2 Å². The summed E-state index contributed by atoms with van der Waals surface area (Å²) in [6, 6.07) is 17.0. The Morgan fingerprint density at radius 3 is 2.20 bits per heavy atom. The summed E-state index contributed by atoms with van der Waals surface area (Å²) < 4.78 is 0. The van der Waals surface area contributed by atoms with Crippen molar-refractivity contribution in [2.24, 2.45) is 0 Å². The highest BCUT2D eigenvalue weighted by atomic mass is 16.2. The molecule has 1 saturated heterocycles. The van der Waals surface area contributed by atoms with Gasteiger partial charge in [0.2, 0.25) is 5.91 Å². The minimum Gasteiger partial charge on any atom is -0.329 e. The Hall–Kier alpha value is -2.66. The summed E-state index contributed by atoms with van der Waals surface area (Å²) in [5, 5.41) is 2.56. The Morgan fingerprint density at radius 1 is 1.04 bits per heavy atom. The summed E-state index contributed by atoms with van der Waals surface area (Å²) in [4.78, 5) is 26.9. The maximum Gasteiger partial charge on any atom is 0.324 e. The molecule has 0 spiro atoms. The van der Waals surface area contributed by atoms with Crippen LogP contribution in [0.25, 0.3) is 11.1 Å². The number of nitrogens with zero attached hydrogens (tertiary/aromatic N) is 2. The van der Waals surface area contributed by atoms with Crippen LogP contribution < -0.4 is 5.32 Å². The van der Waals surface area contributed by atoms with Crippen molar-refractivity contribution in [1.82, 2.24) is 15.1 Å². The van der Waals surface area contributed by atoms with Crippen LogP contribution in [-0.4, -0.2) is 48.4 Å². The molecule has 0 unspecified atom stereocenters. The highest BCUT2D eigenvalue weighted by Gasteiger charge is 2.31. The Labute approximate surface area is 147 Å². The van der Waals surface area contributed by atoms with E-state index in [0.29, 0.717) is 6.54 Å². The van der Waals surface area contributed by atoms with E-state index in [9.17, 15) is 9.59 Å². The fourth-order valence-corrected chi connectivity index (χ4v) is 3.89. The number of amides is 3. The minimum absolute atomic E-state index is 0.123. The van der Waals surface area contributed by atoms with Gasteiger partial charge in [0, 0.05) is 13.1 Å². The molecule has 0 aromatic heterocycles. The first-order chi connectivity index (χ1) is 12.2. The summed E-state index contributed by atoms with van der Waals surface area (Å²) in [5.74, 6) is -0.135. The van der Waals surface area contributed by atoms with Crippen molar-refractivity contribution in [3.63, 3.8) is 0 Å². The first-order valence-corrected chi connectivity index (χ1v) is 8.63. The second kappa shape index (κ2) is 6.33. The van der Waals surface area contributed by atoms with E-state index < -0.39 is 0 Å². The molecule has 2 aromatic carbocycles. The molecule has 128 valence electrons. The molecule has 1 aliphatic carbocycles. The van der Waals surface area contributed by atoms with Gasteiger partial charge in [-0.1, -0.05) is 48.5 Å². The standard InChI is InChI=1S/C20H21N3O2/c1-22(11-6-12-23-18(24)13-21-20(23)25)19-16-9-4-2-7-14(16)15-8-3-5-10-17(15)19/h2-5,7-10,19H,6,11-13H2,1H3,(H,21,25). The second-order valence-electron chi connectivity index (χ2n) is 6.62. The SMILES string of the molecule is CN(CCCN1C(=O)CNC1=O)C1c2ccccc2-c2ccccc21. The summed E-state index contributed by atoms with van der Waals surface area (Å²) in [6.45, 7) is 1.40. The van der Waals surface area contributed by atoms with Crippen LogP contribution in [0.3, 0.4) is 0 Å². The van der Waals surface area contributed by atoms with Gasteiger partial charge in [-0.05, 0) is 35.7 Å². The van der Waals surface area contributed by atoms with Gasteiger partial charge < -0.3 is 5.32 Å². The predicted molar refractivity (Wildman–Crippen MR) is 96.1 cm³/mol. The average molecular weight is 335 g/mol. The third-order valence-corrected chi connectivity index (χ3v) is 5.07. The van der Waals surface area contributed by atoms with Crippen LogP contribution in [0, 0.1) is 0 Å². The third-order valence-electron chi connectivity index (χ3n) is 5.07. The van der Waals surface area contributed by atoms with Gasteiger partial charge in [0.05, 0.1) is 12.6 Å². The van der Waals surface area contributed by atoms with Crippen LogP contribution in [0.2, 0.25) is 0 Å². The van der Waals surface area contributed by atoms with E-state index in [-0.39, 0.29) is 24.5 Å². The summed E-state index contributed by atoms with van der Waals surface area (Å²) in [7, 11) is 2.11. The van der Waals surface area contributed by atoms with Gasteiger partial charge in [-0.2, -0.15) is 0 Å². The number of urea groups is 1. The molecule has 5 nitrogen and oxygen atoms in total. The molecule has 1 aliphatic heterocycles. The van der Waals surface area contributed by atoms with Gasteiger partial charge >= 0.3 is 6.03 Å². The molecule has 0 bridgehead atoms. The van der Waals surface area contributed by atoms with E-state index in [0.717, 1.165) is 13.0 Å². The topological polar surface area (TPSA) is 52.6 Å². The zero-order valence-electron chi connectivity index (χ0n) is 14.2. The lowest BCUT2D eigenvalue weighted by Crippen LogP contribution is -2.34. The monoisotopic (exact) mass is 335 g/mol. The zero-order chi connectivity index (χ0) is 17.4. The molecule has 1 heterocycles. The Bertz CT molecular complexity index is 772. The molecule has 1 fully saturated rings. The van der Waals surface area contributed by atoms with Crippen molar-refractivity contribution >= 4 is 11.9 Å². The van der Waals surface area contributed by atoms with Crippen molar-refractivity contribution in [3.8, 4) is 11.1 Å². The molecule has 3 amide bonds. The van der Waals surface area contributed by atoms with Gasteiger partial charge in [0.15, 0.2) is 0 Å². The van der Waals surface area contributed by atoms with Gasteiger partial charge in [0.1, 0.15) is 0 Å². The smallest absolute Gasteiger partial charge is 0.324 e. The number of carbonyl (C=O) groups excluding carboxylic acids is 2. The maximum absolute atomic E-state index is 11.7. The fourth-order valence-electron chi connectivity index (χ4n) is 3.89. The molecule has 5 heteroatoms. The molecule has 0 radical (unpaired) electrons. The summed E-state index contributed by atoms with van der Waals surface area (Å²) >= 11 is 0. The third kappa shape index (κ3) is 2.70. The van der Waals surface area contributed by atoms with Crippen LogP contribution in [0.15, 0.2) is 48.5 Å². The van der Waals surface area contributed by atoms with Crippen LogP contribution in [0.1, 0.15) is 23.6 Å². The summed E-state index contributed by atoms with van der Waals surface area (Å²) in [5.41, 5.74) is 5.23. The Balaban J connectivity index is 1.49. The van der Waals surface area contributed by atoms with Crippen molar-refractivity contribution in [1.29, 1.82) is 0 Å². The second-order valence-corrected chi connectivity index (χ2v) is 6.62. The number of rotatable bonds is 5. The number of nitrogens with one attached hydrogen (secondary N) is 1. The minimum atomic E-state index is -0.274. The highest BCUT2D eigenvalue weighted by molar-refractivity contribution is 6.01. The number of fused-ring (bicyclic) bond motifs is 3. The Morgan fingerprint density at radius 2 is 1.64 bits per heavy atom. The van der Waals surface area contributed by atoms with E-state index in [2.05, 4.69) is 65.8 Å². The normalized spacial score (nSPS) is 16.3. The number of benzene rings is 2. The lowest BCUT2D eigenvalue weighted by atomic mass is 10.0. The van der Waals surface area contributed by atoms with Crippen LogP contribution in [-0.2, 0) is 4.79 Å². The first-order valence-electron chi connectivity index (χ1n) is 8.63. The highest BCUT2D eigenvalue weighted by Crippen LogP contribution is 2.45. The number of imide groups is 1. The van der Waals surface area contributed by atoms with Crippen molar-refractivity contribution in [2.75, 3.05) is 26.7 Å². The molecule has 0 atom stereocenters. The molecule has 25 heavy (non-hydrogen) atoms. The van der Waals surface area contributed by atoms with E-state index in [4.69, 9.17) is 0 Å². The quantitative estimate of drug-likeness (QED) is 0.855. The molecule has 4 rings (SSSR count). The number of hydrogen-bond donors (Lipinski definition) is 1. The Kier molecular flexibility index (Phi) is 4.01. The van der Waals surface area contributed by atoms with Gasteiger partial charge in [-0.3, -0.25) is 14.6 Å². The zero-order valence-corrected chi connectivity index (χ0v) is 14.2. The lowest BCUT2D eigenvalue weighted by molar-refractivity contribution is -0.125. The molecule has 0 saturated carbocycles. The van der Waals surface area contributed by atoms with Crippen molar-refractivity contribution < 1.29 is 9.59 Å². The molecule has 1 N–H and O–H groups in total. The van der Waals surface area contributed by atoms with Gasteiger partial charge in [-0.15, -0.1) is 0 Å². The van der Waals surface area contributed by atoms with Crippen LogP contribution in [0.5, 0.6) is 0 Å². The van der Waals surface area contributed by atoms with Crippen LogP contribution in [0.4, 0.5) is 4.79 Å². The van der Waals surface area contributed by atoms with Crippen LogP contribution >= 0.6 is 0 Å². The van der Waals surface area contributed by atoms with E-state index in [1.54, 1.807) is 0 Å². The first kappa shape index (κ1) is 15.8. The van der Waals surface area contributed by atoms with Gasteiger partial charge in [-0.25, -0.2) is 4.79 Å². The average Bonchev–Trinajstić information content (AvgIpc) is 3.13. The van der Waals surface area contributed by atoms with Gasteiger partial charge in [0.25, 0.3) is 0 Å². The predicted octanol–water partition coefficient (Wildman–Crippen LogP) is 2.63. The van der Waals surface area contributed by atoms with Crippen molar-refractivity contribution in [3.05, 3.63) is 59.7 Å². The lowest BCUT2D eigenvalue weighted by Gasteiger charge is -2.27. The molecular formula is C20H21N3O2. The largest absolute Gasteiger partial charge is 0.329 e. The van der Waals surface area contributed by atoms with Crippen molar-refractivity contribution in [2.45, 2.75) is 12.5 Å². The maximum atomic E-state index is 11.7.